The van der Waals surface area contributed by atoms with Crippen molar-refractivity contribution in [1.29, 1.82) is 0 Å². The fourth-order valence-corrected chi connectivity index (χ4v) is 4.49. The highest BCUT2D eigenvalue weighted by molar-refractivity contribution is 7.17. The van der Waals surface area contributed by atoms with E-state index in [0.717, 1.165) is 29.2 Å². The third-order valence-corrected chi connectivity index (χ3v) is 6.30. The number of nitrogens with one attached hydrogen (secondary N) is 1. The maximum atomic E-state index is 12.9. The van der Waals surface area contributed by atoms with Crippen LogP contribution in [-0.4, -0.2) is 38.7 Å². The molecule has 4 rings (SSSR count). The van der Waals surface area contributed by atoms with Crippen molar-refractivity contribution in [1.82, 2.24) is 4.98 Å². The van der Waals surface area contributed by atoms with E-state index in [1.54, 1.807) is 14.2 Å². The lowest BCUT2D eigenvalue weighted by Crippen LogP contribution is -2.13. The monoisotopic (exact) mass is 409 g/mol. The first-order valence-electron chi connectivity index (χ1n) is 9.35. The van der Waals surface area contributed by atoms with Gasteiger partial charge in [-0.1, -0.05) is 0 Å². The van der Waals surface area contributed by atoms with Crippen molar-refractivity contribution in [3.05, 3.63) is 52.5 Å². The van der Waals surface area contributed by atoms with Crippen LogP contribution in [0.4, 0.5) is 11.4 Å². The van der Waals surface area contributed by atoms with Crippen LogP contribution in [0.5, 0.6) is 11.5 Å². The molecule has 1 amide bonds. The summed E-state index contributed by atoms with van der Waals surface area (Å²) in [5.41, 5.74) is 4.89. The number of thiazole rings is 1. The minimum Gasteiger partial charge on any atom is -0.493 e. The lowest BCUT2D eigenvalue weighted by molar-refractivity contribution is 0.103. The Labute approximate surface area is 174 Å². The Morgan fingerprint density at radius 1 is 1.14 bits per heavy atom. The molecule has 1 N–H and O–H groups in total. The molecular formula is C22H23N3O3S. The second-order valence-corrected chi connectivity index (χ2v) is 7.97. The van der Waals surface area contributed by atoms with Gasteiger partial charge in [-0.25, -0.2) is 4.98 Å². The summed E-state index contributed by atoms with van der Waals surface area (Å²) in [5.74, 6) is 1.15. The van der Waals surface area contributed by atoms with Crippen molar-refractivity contribution in [2.45, 2.75) is 13.3 Å². The summed E-state index contributed by atoms with van der Waals surface area (Å²) in [5, 5.41) is 3.79. The van der Waals surface area contributed by atoms with Gasteiger partial charge in [-0.05, 0) is 55.3 Å². The number of amides is 1. The molecule has 7 heteroatoms. The quantitative estimate of drug-likeness (QED) is 0.678. The van der Waals surface area contributed by atoms with E-state index in [2.05, 4.69) is 34.4 Å². The van der Waals surface area contributed by atoms with Crippen LogP contribution in [0.15, 0.2) is 36.4 Å². The lowest BCUT2D eigenvalue weighted by Gasteiger charge is -2.12. The van der Waals surface area contributed by atoms with Crippen molar-refractivity contribution in [3.8, 4) is 22.1 Å². The van der Waals surface area contributed by atoms with Crippen molar-refractivity contribution in [3.63, 3.8) is 0 Å². The number of aryl methyl sites for hydroxylation is 1. The first-order valence-corrected chi connectivity index (χ1v) is 10.2. The van der Waals surface area contributed by atoms with Gasteiger partial charge >= 0.3 is 0 Å². The standard InChI is InChI=1S/C22H23N3O3S/c1-13-20(21(26)24-16-6-7-17-14(11-16)9-10-25(17)2)29-22(23-13)15-5-8-18(27-3)19(12-15)28-4/h5-8,11-12H,9-10H2,1-4H3,(H,24,26). The fraction of sp³-hybridized carbons (Fsp3) is 0.273. The Morgan fingerprint density at radius 3 is 2.69 bits per heavy atom. The van der Waals surface area contributed by atoms with E-state index >= 15 is 0 Å². The zero-order valence-electron chi connectivity index (χ0n) is 16.9. The smallest absolute Gasteiger partial charge is 0.267 e. The molecule has 2 heterocycles. The van der Waals surface area contributed by atoms with Crippen LogP contribution in [0.1, 0.15) is 20.9 Å². The minimum atomic E-state index is -0.141. The zero-order chi connectivity index (χ0) is 20.5. The summed E-state index contributed by atoms with van der Waals surface area (Å²) in [6.45, 7) is 2.86. The molecule has 1 aromatic heterocycles. The number of nitrogens with zero attached hydrogens (tertiary/aromatic N) is 2. The number of carbonyl (C=O) groups is 1. The second kappa shape index (κ2) is 7.75. The average molecular weight is 410 g/mol. The molecule has 0 saturated heterocycles. The molecule has 0 bridgehead atoms. The molecular weight excluding hydrogens is 386 g/mol. The van der Waals surface area contributed by atoms with Crippen LogP contribution in [0.3, 0.4) is 0 Å². The van der Waals surface area contributed by atoms with Gasteiger partial charge in [-0.2, -0.15) is 0 Å². The van der Waals surface area contributed by atoms with Gasteiger partial charge < -0.3 is 19.7 Å². The van der Waals surface area contributed by atoms with Gasteiger partial charge in [0.25, 0.3) is 5.91 Å². The molecule has 0 radical (unpaired) electrons. The van der Waals surface area contributed by atoms with Crippen LogP contribution >= 0.6 is 11.3 Å². The van der Waals surface area contributed by atoms with E-state index in [9.17, 15) is 4.79 Å². The predicted octanol–water partition coefficient (Wildman–Crippen LogP) is 4.38. The van der Waals surface area contributed by atoms with E-state index in [4.69, 9.17) is 9.47 Å². The van der Waals surface area contributed by atoms with Crippen LogP contribution in [0.2, 0.25) is 0 Å². The first kappa shape index (κ1) is 19.3. The Hall–Kier alpha value is -3.06. The van der Waals surface area contributed by atoms with Gasteiger partial charge in [-0.3, -0.25) is 4.79 Å². The van der Waals surface area contributed by atoms with Gasteiger partial charge in [0.1, 0.15) is 9.88 Å². The highest BCUT2D eigenvalue weighted by Crippen LogP contribution is 2.35. The Bertz CT molecular complexity index is 1080. The van der Waals surface area contributed by atoms with Gasteiger partial charge in [0.2, 0.25) is 0 Å². The predicted molar refractivity (Wildman–Crippen MR) is 117 cm³/mol. The minimum absolute atomic E-state index is 0.141. The fourth-order valence-electron chi connectivity index (χ4n) is 3.53. The highest BCUT2D eigenvalue weighted by Gasteiger charge is 2.19. The number of aromatic nitrogens is 1. The molecule has 3 aromatic rings. The number of ether oxygens (including phenoxy) is 2. The number of hydrogen-bond donors (Lipinski definition) is 1. The Morgan fingerprint density at radius 2 is 1.93 bits per heavy atom. The summed E-state index contributed by atoms with van der Waals surface area (Å²) in [7, 11) is 5.28. The van der Waals surface area contributed by atoms with E-state index in [1.807, 2.05) is 31.2 Å². The third-order valence-electron chi connectivity index (χ3n) is 5.10. The Balaban J connectivity index is 1.57. The van der Waals surface area contributed by atoms with Gasteiger partial charge in [0, 0.05) is 30.5 Å². The van der Waals surface area contributed by atoms with Crippen molar-refractivity contribution >= 4 is 28.6 Å². The van der Waals surface area contributed by atoms with E-state index in [1.165, 1.54) is 22.6 Å². The third kappa shape index (κ3) is 3.65. The second-order valence-electron chi connectivity index (χ2n) is 6.97. The summed E-state index contributed by atoms with van der Waals surface area (Å²) in [6.07, 6.45) is 0.999. The van der Waals surface area contributed by atoms with Crippen LogP contribution < -0.4 is 19.7 Å². The Kier molecular flexibility index (Phi) is 5.15. The van der Waals surface area contributed by atoms with Crippen molar-refractivity contribution in [2.75, 3.05) is 38.0 Å². The zero-order valence-corrected chi connectivity index (χ0v) is 17.7. The summed E-state index contributed by atoms with van der Waals surface area (Å²) in [4.78, 5) is 20.3. The number of anilines is 2. The van der Waals surface area contributed by atoms with Gasteiger partial charge in [-0.15, -0.1) is 11.3 Å². The number of likely N-dealkylation sites (N-methyl/N-ethyl adjacent to an activating group) is 1. The molecule has 150 valence electrons. The van der Waals surface area contributed by atoms with Gasteiger partial charge in [0.05, 0.1) is 19.9 Å². The molecule has 1 aliphatic heterocycles. The molecule has 2 aromatic carbocycles. The molecule has 0 saturated carbocycles. The molecule has 0 atom stereocenters. The average Bonchev–Trinajstić information content (AvgIpc) is 3.30. The number of benzene rings is 2. The maximum Gasteiger partial charge on any atom is 0.267 e. The van der Waals surface area contributed by atoms with Crippen LogP contribution in [-0.2, 0) is 6.42 Å². The first-order chi connectivity index (χ1) is 14.0. The number of hydrogen-bond acceptors (Lipinski definition) is 6. The van der Waals surface area contributed by atoms with Crippen LogP contribution in [0.25, 0.3) is 10.6 Å². The number of carbonyl (C=O) groups excluding carboxylic acids is 1. The topological polar surface area (TPSA) is 63.7 Å². The number of methoxy groups -OCH3 is 2. The summed E-state index contributed by atoms with van der Waals surface area (Å²) in [6, 6.07) is 11.7. The molecule has 0 unspecified atom stereocenters. The number of fused-ring (bicyclic) bond motifs is 1. The maximum absolute atomic E-state index is 12.9. The van der Waals surface area contributed by atoms with Crippen molar-refractivity contribution in [2.24, 2.45) is 0 Å². The van der Waals surface area contributed by atoms with E-state index in [0.29, 0.717) is 22.1 Å². The molecule has 0 fully saturated rings. The largest absolute Gasteiger partial charge is 0.493 e. The highest BCUT2D eigenvalue weighted by atomic mass is 32.1. The summed E-state index contributed by atoms with van der Waals surface area (Å²) < 4.78 is 10.7. The van der Waals surface area contributed by atoms with E-state index in [-0.39, 0.29) is 5.91 Å². The SMILES string of the molecule is COc1ccc(-c2nc(C)c(C(=O)Nc3ccc4c(c3)CCN4C)s2)cc1OC. The molecule has 0 spiro atoms. The van der Waals surface area contributed by atoms with Gasteiger partial charge in [0.15, 0.2) is 11.5 Å². The lowest BCUT2D eigenvalue weighted by atomic mass is 10.1. The molecule has 1 aliphatic rings. The molecule has 6 nitrogen and oxygen atoms in total. The van der Waals surface area contributed by atoms with Crippen molar-refractivity contribution < 1.29 is 14.3 Å². The van der Waals surface area contributed by atoms with Crippen LogP contribution in [0, 0.1) is 6.92 Å². The van der Waals surface area contributed by atoms with E-state index < -0.39 is 0 Å². The molecule has 29 heavy (non-hydrogen) atoms. The normalized spacial score (nSPS) is 12.6. The summed E-state index contributed by atoms with van der Waals surface area (Å²) >= 11 is 1.37. The number of rotatable bonds is 5. The molecule has 0 aliphatic carbocycles.